The van der Waals surface area contributed by atoms with E-state index in [0.717, 1.165) is 15.3 Å². The molecule has 0 saturated heterocycles. The molecule has 0 amide bonds. The van der Waals surface area contributed by atoms with E-state index in [2.05, 4.69) is 15.3 Å². The van der Waals surface area contributed by atoms with Crippen LogP contribution < -0.4 is 5.32 Å². The molecule has 1 saturated carbocycles. The number of hydrogen-bond acceptors (Lipinski definition) is 4. The van der Waals surface area contributed by atoms with E-state index in [-0.39, 0.29) is 0 Å². The van der Waals surface area contributed by atoms with Gasteiger partial charge in [-0.3, -0.25) is 4.98 Å². The highest BCUT2D eigenvalue weighted by molar-refractivity contribution is 7.22. The van der Waals surface area contributed by atoms with Crippen LogP contribution in [0.3, 0.4) is 0 Å². The maximum absolute atomic E-state index is 6.04. The van der Waals surface area contributed by atoms with Crippen molar-refractivity contribution in [3.63, 3.8) is 0 Å². The lowest BCUT2D eigenvalue weighted by molar-refractivity contribution is 0.754. The molecule has 0 atom stereocenters. The summed E-state index contributed by atoms with van der Waals surface area (Å²) in [5, 5.41) is 5.08. The molecule has 0 spiro atoms. The van der Waals surface area contributed by atoms with Crippen LogP contribution in [-0.2, 0) is 0 Å². The van der Waals surface area contributed by atoms with E-state index in [9.17, 15) is 0 Å². The summed E-state index contributed by atoms with van der Waals surface area (Å²) in [6.45, 7) is 0. The van der Waals surface area contributed by atoms with Crippen molar-refractivity contribution in [2.45, 2.75) is 31.7 Å². The van der Waals surface area contributed by atoms with Crippen LogP contribution in [0.15, 0.2) is 12.4 Å². The van der Waals surface area contributed by atoms with Crippen LogP contribution in [-0.4, -0.2) is 16.0 Å². The first-order chi connectivity index (χ1) is 7.83. The average Bonchev–Trinajstić information content (AvgIpc) is 2.88. The molecule has 0 aliphatic heterocycles. The first kappa shape index (κ1) is 10.3. The Balaban J connectivity index is 1.90. The predicted molar refractivity (Wildman–Crippen MR) is 68.3 cm³/mol. The third-order valence-corrected chi connectivity index (χ3v) is 4.14. The molecule has 1 fully saturated rings. The molecule has 1 aliphatic carbocycles. The lowest BCUT2D eigenvalue weighted by Crippen LogP contribution is -2.13. The SMILES string of the molecule is Clc1cncc2sc(NC3CCCC3)nc12. The highest BCUT2D eigenvalue weighted by atomic mass is 35.5. The van der Waals surface area contributed by atoms with Gasteiger partial charge < -0.3 is 5.32 Å². The largest absolute Gasteiger partial charge is 0.359 e. The quantitative estimate of drug-likeness (QED) is 0.887. The minimum absolute atomic E-state index is 0.590. The van der Waals surface area contributed by atoms with Crippen LogP contribution in [0.5, 0.6) is 0 Å². The van der Waals surface area contributed by atoms with E-state index in [1.165, 1.54) is 25.7 Å². The van der Waals surface area contributed by atoms with E-state index in [0.29, 0.717) is 11.1 Å². The van der Waals surface area contributed by atoms with E-state index in [4.69, 9.17) is 11.6 Å². The minimum atomic E-state index is 0.590. The fraction of sp³-hybridized carbons (Fsp3) is 0.455. The molecule has 5 heteroatoms. The summed E-state index contributed by atoms with van der Waals surface area (Å²) in [6, 6.07) is 0.590. The summed E-state index contributed by atoms with van der Waals surface area (Å²) >= 11 is 7.67. The molecule has 2 aromatic rings. The van der Waals surface area contributed by atoms with Crippen molar-refractivity contribution >= 4 is 38.3 Å². The Morgan fingerprint density at radius 1 is 1.31 bits per heavy atom. The van der Waals surface area contributed by atoms with Crippen LogP contribution in [0.2, 0.25) is 5.02 Å². The Morgan fingerprint density at radius 2 is 2.12 bits per heavy atom. The first-order valence-corrected chi connectivity index (χ1v) is 6.69. The second-order valence-electron chi connectivity index (χ2n) is 4.11. The van der Waals surface area contributed by atoms with Gasteiger partial charge in [-0.2, -0.15) is 0 Å². The first-order valence-electron chi connectivity index (χ1n) is 5.49. The number of halogens is 1. The highest BCUT2D eigenvalue weighted by Gasteiger charge is 2.16. The van der Waals surface area contributed by atoms with E-state index in [1.54, 1.807) is 17.5 Å². The van der Waals surface area contributed by atoms with Gasteiger partial charge in [-0.25, -0.2) is 4.98 Å². The second kappa shape index (κ2) is 4.18. The summed E-state index contributed by atoms with van der Waals surface area (Å²) < 4.78 is 1.05. The minimum Gasteiger partial charge on any atom is -0.359 e. The molecule has 3 nitrogen and oxygen atoms in total. The van der Waals surface area contributed by atoms with Crippen molar-refractivity contribution in [2.75, 3.05) is 5.32 Å². The van der Waals surface area contributed by atoms with Crippen LogP contribution in [0.25, 0.3) is 10.2 Å². The zero-order valence-electron chi connectivity index (χ0n) is 8.74. The number of aromatic nitrogens is 2. The molecular formula is C11H12ClN3S. The number of nitrogens with one attached hydrogen (secondary N) is 1. The number of fused-ring (bicyclic) bond motifs is 1. The molecule has 1 aliphatic rings. The number of thiazole rings is 1. The zero-order chi connectivity index (χ0) is 11.0. The molecule has 3 rings (SSSR count). The normalized spacial score (nSPS) is 17.1. The molecule has 2 heterocycles. The standard InChI is InChI=1S/C11H12ClN3S/c12-8-5-13-6-9-10(8)15-11(16-9)14-7-3-1-2-4-7/h5-7H,1-4H2,(H,14,15). The predicted octanol–water partition coefficient (Wildman–Crippen LogP) is 3.70. The topological polar surface area (TPSA) is 37.8 Å². The van der Waals surface area contributed by atoms with Gasteiger partial charge in [0.05, 0.1) is 9.72 Å². The van der Waals surface area contributed by atoms with Crippen molar-refractivity contribution in [3.05, 3.63) is 17.4 Å². The summed E-state index contributed by atoms with van der Waals surface area (Å²) in [4.78, 5) is 8.58. The Hall–Kier alpha value is -0.870. The zero-order valence-corrected chi connectivity index (χ0v) is 10.3. The summed E-state index contributed by atoms with van der Waals surface area (Å²) in [6.07, 6.45) is 8.61. The van der Waals surface area contributed by atoms with E-state index < -0.39 is 0 Å². The van der Waals surface area contributed by atoms with Crippen LogP contribution in [0.1, 0.15) is 25.7 Å². The number of rotatable bonds is 2. The van der Waals surface area contributed by atoms with Gasteiger partial charge in [-0.05, 0) is 12.8 Å². The smallest absolute Gasteiger partial charge is 0.184 e. The average molecular weight is 254 g/mol. The summed E-state index contributed by atoms with van der Waals surface area (Å²) in [5.74, 6) is 0. The Bertz CT molecular complexity index is 505. The van der Waals surface area contributed by atoms with E-state index >= 15 is 0 Å². The van der Waals surface area contributed by atoms with Crippen LogP contribution >= 0.6 is 22.9 Å². The van der Waals surface area contributed by atoms with Gasteiger partial charge in [0.15, 0.2) is 5.13 Å². The second-order valence-corrected chi connectivity index (χ2v) is 5.55. The fourth-order valence-electron chi connectivity index (χ4n) is 2.13. The number of pyridine rings is 1. The van der Waals surface area contributed by atoms with Crippen molar-refractivity contribution in [1.29, 1.82) is 0 Å². The van der Waals surface area contributed by atoms with Gasteiger partial charge in [-0.1, -0.05) is 35.8 Å². The third-order valence-electron chi connectivity index (χ3n) is 2.94. The van der Waals surface area contributed by atoms with Gasteiger partial charge in [0.2, 0.25) is 0 Å². The van der Waals surface area contributed by atoms with E-state index in [1.807, 2.05) is 6.20 Å². The van der Waals surface area contributed by atoms with Gasteiger partial charge in [0.25, 0.3) is 0 Å². The van der Waals surface area contributed by atoms with Gasteiger partial charge in [-0.15, -0.1) is 0 Å². The van der Waals surface area contributed by atoms with Gasteiger partial charge in [0.1, 0.15) is 5.52 Å². The molecule has 0 unspecified atom stereocenters. The van der Waals surface area contributed by atoms with Crippen molar-refractivity contribution in [2.24, 2.45) is 0 Å². The van der Waals surface area contributed by atoms with Crippen LogP contribution in [0, 0.1) is 0 Å². The number of nitrogens with zero attached hydrogens (tertiary/aromatic N) is 2. The van der Waals surface area contributed by atoms with Crippen molar-refractivity contribution < 1.29 is 0 Å². The molecule has 0 radical (unpaired) electrons. The molecule has 0 aromatic carbocycles. The molecule has 1 N–H and O–H groups in total. The third kappa shape index (κ3) is 1.87. The molecule has 16 heavy (non-hydrogen) atoms. The molecule has 2 aromatic heterocycles. The lowest BCUT2D eigenvalue weighted by Gasteiger charge is -2.09. The highest BCUT2D eigenvalue weighted by Crippen LogP contribution is 2.31. The van der Waals surface area contributed by atoms with Crippen molar-refractivity contribution in [1.82, 2.24) is 9.97 Å². The van der Waals surface area contributed by atoms with Gasteiger partial charge in [0, 0.05) is 18.4 Å². The van der Waals surface area contributed by atoms with Crippen molar-refractivity contribution in [3.8, 4) is 0 Å². The Labute approximate surface area is 103 Å². The van der Waals surface area contributed by atoms with Crippen LogP contribution in [0.4, 0.5) is 5.13 Å². The molecular weight excluding hydrogens is 242 g/mol. The molecule has 84 valence electrons. The monoisotopic (exact) mass is 253 g/mol. The fourth-order valence-corrected chi connectivity index (χ4v) is 3.32. The lowest BCUT2D eigenvalue weighted by atomic mass is 10.3. The molecule has 0 bridgehead atoms. The Kier molecular flexibility index (Phi) is 2.69. The number of hydrogen-bond donors (Lipinski definition) is 1. The van der Waals surface area contributed by atoms with Gasteiger partial charge >= 0.3 is 0 Å². The number of anilines is 1. The maximum Gasteiger partial charge on any atom is 0.184 e. The Morgan fingerprint density at radius 3 is 2.88 bits per heavy atom. The summed E-state index contributed by atoms with van der Waals surface area (Å²) in [7, 11) is 0. The maximum atomic E-state index is 6.04. The summed E-state index contributed by atoms with van der Waals surface area (Å²) in [5.41, 5.74) is 0.863.